The molecule has 0 bridgehead atoms. The highest BCUT2D eigenvalue weighted by Gasteiger charge is 2.28. The summed E-state index contributed by atoms with van der Waals surface area (Å²) in [5.41, 5.74) is 2.73. The van der Waals surface area contributed by atoms with Crippen molar-refractivity contribution < 1.29 is 14.3 Å². The van der Waals surface area contributed by atoms with Gasteiger partial charge in [-0.05, 0) is 59.1 Å². The summed E-state index contributed by atoms with van der Waals surface area (Å²) in [6, 6.07) is 5.74. The highest BCUT2D eigenvalue weighted by Crippen LogP contribution is 2.33. The summed E-state index contributed by atoms with van der Waals surface area (Å²) in [5, 5.41) is 5.08. The number of amides is 1. The molecule has 0 saturated heterocycles. The normalized spacial score (nSPS) is 12.6. The maximum Gasteiger partial charge on any atom is 0.410 e. The number of hydrogen-bond donors (Lipinski definition) is 0. The van der Waals surface area contributed by atoms with Crippen LogP contribution in [0.5, 0.6) is 5.75 Å². The number of rotatable bonds is 6. The quantitative estimate of drug-likeness (QED) is 0.398. The van der Waals surface area contributed by atoms with Gasteiger partial charge in [0.25, 0.3) is 0 Å². The zero-order valence-electron chi connectivity index (χ0n) is 19.0. The summed E-state index contributed by atoms with van der Waals surface area (Å²) in [6.07, 6.45) is 4.43. The highest BCUT2D eigenvalue weighted by molar-refractivity contribution is 7.98. The van der Waals surface area contributed by atoms with Crippen LogP contribution < -0.4 is 4.74 Å². The maximum absolute atomic E-state index is 12.7. The van der Waals surface area contributed by atoms with Crippen LogP contribution in [0.1, 0.15) is 46.4 Å². The van der Waals surface area contributed by atoms with Gasteiger partial charge in [0.05, 0.1) is 36.4 Å². The molecule has 3 heterocycles. The fourth-order valence-electron chi connectivity index (χ4n) is 3.37. The van der Waals surface area contributed by atoms with E-state index in [0.29, 0.717) is 18.0 Å². The van der Waals surface area contributed by atoms with E-state index in [9.17, 15) is 4.79 Å². The molecule has 0 fully saturated rings. The van der Waals surface area contributed by atoms with Crippen molar-refractivity contribution in [2.24, 2.45) is 0 Å². The number of thioether (sulfide) groups is 1. The lowest BCUT2D eigenvalue weighted by Gasteiger charge is -2.34. The number of methoxy groups -OCH3 is 1. The van der Waals surface area contributed by atoms with E-state index >= 15 is 0 Å². The SMILES string of the molecule is CCN(C(=O)OC(C)c1cc(-c2cc3ccnn3c(SC)n2)c(OC)cn1)C(C)(C)C. The van der Waals surface area contributed by atoms with E-state index in [2.05, 4.69) is 10.1 Å². The van der Waals surface area contributed by atoms with E-state index in [-0.39, 0.29) is 11.6 Å². The Balaban J connectivity index is 1.97. The number of pyridine rings is 1. The Morgan fingerprint density at radius 1 is 1.32 bits per heavy atom. The summed E-state index contributed by atoms with van der Waals surface area (Å²) in [7, 11) is 1.60. The Morgan fingerprint density at radius 2 is 2.06 bits per heavy atom. The maximum atomic E-state index is 12.7. The first-order chi connectivity index (χ1) is 14.7. The van der Waals surface area contributed by atoms with Gasteiger partial charge in [-0.1, -0.05) is 11.8 Å². The second-order valence-corrected chi connectivity index (χ2v) is 8.82. The molecule has 0 aliphatic heterocycles. The molecule has 0 saturated carbocycles. The van der Waals surface area contributed by atoms with E-state index < -0.39 is 6.10 Å². The third-order valence-corrected chi connectivity index (χ3v) is 5.59. The standard InChI is InChI=1S/C22H29N5O3S/c1-8-26(22(3,4)5)21(28)30-14(2)17-12-16(19(29-6)13-23-17)18-11-15-9-10-24-27(15)20(25-18)31-7/h9-14H,8H2,1-7H3. The molecule has 0 aromatic carbocycles. The van der Waals surface area contributed by atoms with Crippen LogP contribution in [0.3, 0.4) is 0 Å². The summed E-state index contributed by atoms with van der Waals surface area (Å²) < 4.78 is 13.1. The van der Waals surface area contributed by atoms with E-state index in [1.165, 1.54) is 11.8 Å². The van der Waals surface area contributed by atoms with Gasteiger partial charge < -0.3 is 14.4 Å². The Labute approximate surface area is 187 Å². The van der Waals surface area contributed by atoms with E-state index in [0.717, 1.165) is 21.9 Å². The molecule has 3 aromatic rings. The van der Waals surface area contributed by atoms with Gasteiger partial charge >= 0.3 is 6.09 Å². The number of carbonyl (C=O) groups excluding carboxylic acids is 1. The molecule has 1 amide bonds. The Kier molecular flexibility index (Phi) is 6.74. The zero-order chi connectivity index (χ0) is 22.8. The smallest absolute Gasteiger partial charge is 0.410 e. The number of carbonyl (C=O) groups is 1. The fourth-order valence-corrected chi connectivity index (χ4v) is 3.89. The average Bonchev–Trinajstić information content (AvgIpc) is 3.20. The van der Waals surface area contributed by atoms with Crippen molar-refractivity contribution in [2.75, 3.05) is 19.9 Å². The zero-order valence-corrected chi connectivity index (χ0v) is 19.9. The predicted octanol–water partition coefficient (Wildman–Crippen LogP) is 4.84. The van der Waals surface area contributed by atoms with Gasteiger partial charge in [0.2, 0.25) is 0 Å². The van der Waals surface area contributed by atoms with Crippen LogP contribution in [-0.4, -0.2) is 56.0 Å². The molecule has 0 spiro atoms. The van der Waals surface area contributed by atoms with Gasteiger partial charge in [-0.15, -0.1) is 0 Å². The van der Waals surface area contributed by atoms with Gasteiger partial charge in [0.15, 0.2) is 5.16 Å². The molecule has 0 radical (unpaired) electrons. The summed E-state index contributed by atoms with van der Waals surface area (Å²) in [5.74, 6) is 0.593. The van der Waals surface area contributed by atoms with E-state index in [1.54, 1.807) is 28.9 Å². The molecule has 9 heteroatoms. The first-order valence-corrected chi connectivity index (χ1v) is 11.3. The molecular weight excluding hydrogens is 414 g/mol. The van der Waals surface area contributed by atoms with Crippen molar-refractivity contribution in [3.05, 3.63) is 36.3 Å². The van der Waals surface area contributed by atoms with Crippen LogP contribution in [0.15, 0.2) is 35.7 Å². The van der Waals surface area contributed by atoms with Crippen molar-refractivity contribution in [3.63, 3.8) is 0 Å². The van der Waals surface area contributed by atoms with Crippen molar-refractivity contribution in [3.8, 4) is 17.0 Å². The molecule has 1 unspecified atom stereocenters. The van der Waals surface area contributed by atoms with Gasteiger partial charge in [-0.25, -0.2) is 14.3 Å². The third-order valence-electron chi connectivity index (χ3n) is 4.96. The molecule has 0 N–H and O–H groups in total. The van der Waals surface area contributed by atoms with Crippen LogP contribution in [0.4, 0.5) is 4.79 Å². The van der Waals surface area contributed by atoms with Gasteiger partial charge in [-0.2, -0.15) is 5.10 Å². The highest BCUT2D eigenvalue weighted by atomic mass is 32.2. The second-order valence-electron chi connectivity index (χ2n) is 8.05. The van der Waals surface area contributed by atoms with Gasteiger partial charge in [0.1, 0.15) is 11.9 Å². The van der Waals surface area contributed by atoms with Crippen LogP contribution in [0.2, 0.25) is 0 Å². The van der Waals surface area contributed by atoms with Crippen LogP contribution >= 0.6 is 11.8 Å². The summed E-state index contributed by atoms with van der Waals surface area (Å²) >= 11 is 1.51. The van der Waals surface area contributed by atoms with Crippen molar-refractivity contribution in [1.29, 1.82) is 0 Å². The molecule has 1 atom stereocenters. The van der Waals surface area contributed by atoms with Crippen LogP contribution in [0.25, 0.3) is 16.8 Å². The van der Waals surface area contributed by atoms with Crippen molar-refractivity contribution in [2.45, 2.75) is 51.4 Å². The lowest BCUT2D eigenvalue weighted by molar-refractivity contribution is 0.0433. The monoisotopic (exact) mass is 443 g/mol. The molecule has 3 rings (SSSR count). The molecule has 166 valence electrons. The second kappa shape index (κ2) is 9.13. The predicted molar refractivity (Wildman–Crippen MR) is 122 cm³/mol. The minimum Gasteiger partial charge on any atom is -0.494 e. The minimum absolute atomic E-state index is 0.331. The van der Waals surface area contributed by atoms with Crippen molar-refractivity contribution >= 4 is 23.4 Å². The minimum atomic E-state index is -0.535. The largest absolute Gasteiger partial charge is 0.494 e. The van der Waals surface area contributed by atoms with E-state index in [1.807, 2.05) is 59.1 Å². The van der Waals surface area contributed by atoms with Crippen LogP contribution in [-0.2, 0) is 4.74 Å². The molecule has 31 heavy (non-hydrogen) atoms. The first-order valence-electron chi connectivity index (χ1n) is 10.1. The van der Waals surface area contributed by atoms with Crippen molar-refractivity contribution in [1.82, 2.24) is 24.5 Å². The molecule has 0 aliphatic rings. The summed E-state index contributed by atoms with van der Waals surface area (Å²) in [6.45, 7) is 10.2. The topological polar surface area (TPSA) is 81.9 Å². The number of fused-ring (bicyclic) bond motifs is 1. The van der Waals surface area contributed by atoms with Gasteiger partial charge in [-0.3, -0.25) is 4.98 Å². The molecule has 3 aromatic heterocycles. The first kappa shape index (κ1) is 22.9. The Hall–Kier alpha value is -2.81. The molecule has 0 aliphatic carbocycles. The fraction of sp³-hybridized carbons (Fsp3) is 0.455. The van der Waals surface area contributed by atoms with Gasteiger partial charge in [0, 0.05) is 17.6 Å². The van der Waals surface area contributed by atoms with Crippen LogP contribution in [0, 0.1) is 0 Å². The number of ether oxygens (including phenoxy) is 2. The number of aromatic nitrogens is 4. The Bertz CT molecular complexity index is 1080. The number of nitrogens with zero attached hydrogens (tertiary/aromatic N) is 5. The van der Waals surface area contributed by atoms with E-state index in [4.69, 9.17) is 14.5 Å². The molecule has 8 nitrogen and oxygen atoms in total. The number of hydrogen-bond acceptors (Lipinski definition) is 7. The summed E-state index contributed by atoms with van der Waals surface area (Å²) in [4.78, 5) is 23.6. The average molecular weight is 444 g/mol. The third kappa shape index (κ3) is 4.76. The lowest BCUT2D eigenvalue weighted by atomic mass is 10.1. The molecular formula is C22H29N5O3S. The lowest BCUT2D eigenvalue weighted by Crippen LogP contribution is -2.45. The Morgan fingerprint density at radius 3 is 2.68 bits per heavy atom.